The van der Waals surface area contributed by atoms with E-state index in [9.17, 15) is 4.79 Å². The highest BCUT2D eigenvalue weighted by molar-refractivity contribution is 8.13. The molecule has 2 aliphatic heterocycles. The van der Waals surface area contributed by atoms with Crippen LogP contribution < -0.4 is 11.5 Å². The SMILES string of the molecule is CC1CC2CSC(N)=NC2(c2[c]nc(C(N)=O)s2)CO1. The molecule has 0 bridgehead atoms. The highest BCUT2D eigenvalue weighted by atomic mass is 32.2. The lowest BCUT2D eigenvalue weighted by atomic mass is 9.79. The van der Waals surface area contributed by atoms with Gasteiger partial charge in [-0.1, -0.05) is 11.8 Å². The van der Waals surface area contributed by atoms with Crippen LogP contribution in [-0.4, -0.2) is 34.5 Å². The number of amides is 1. The van der Waals surface area contributed by atoms with Crippen LogP contribution in [0.2, 0.25) is 0 Å². The molecule has 6 nitrogen and oxygen atoms in total. The van der Waals surface area contributed by atoms with Gasteiger partial charge in [-0.15, -0.1) is 11.3 Å². The number of nitrogens with zero attached hydrogens (tertiary/aromatic N) is 2. The number of primary amides is 1. The Bertz CT molecular complexity index is 574. The third kappa shape index (κ3) is 2.21. The molecule has 0 aromatic carbocycles. The van der Waals surface area contributed by atoms with E-state index in [0.717, 1.165) is 17.1 Å². The molecular weight excluding hydrogens is 296 g/mol. The van der Waals surface area contributed by atoms with E-state index >= 15 is 0 Å². The molecule has 3 rings (SSSR count). The van der Waals surface area contributed by atoms with Gasteiger partial charge in [0.25, 0.3) is 5.91 Å². The molecule has 0 saturated carbocycles. The number of rotatable bonds is 2. The van der Waals surface area contributed by atoms with Crippen LogP contribution in [0, 0.1) is 12.1 Å². The molecule has 0 aliphatic carbocycles. The van der Waals surface area contributed by atoms with Crippen molar-refractivity contribution in [2.45, 2.75) is 25.0 Å². The second-order valence-corrected chi connectivity index (χ2v) is 7.10. The Kier molecular flexibility index (Phi) is 3.47. The summed E-state index contributed by atoms with van der Waals surface area (Å²) < 4.78 is 5.79. The van der Waals surface area contributed by atoms with Gasteiger partial charge in [-0.25, -0.2) is 9.98 Å². The van der Waals surface area contributed by atoms with E-state index < -0.39 is 11.4 Å². The lowest BCUT2D eigenvalue weighted by Crippen LogP contribution is -2.49. The smallest absolute Gasteiger partial charge is 0.277 e. The first-order chi connectivity index (χ1) is 9.51. The Morgan fingerprint density at radius 3 is 3.10 bits per heavy atom. The molecule has 8 heteroatoms. The monoisotopic (exact) mass is 311 g/mol. The molecule has 4 N–H and O–H groups in total. The van der Waals surface area contributed by atoms with Crippen LogP contribution in [0.15, 0.2) is 4.99 Å². The van der Waals surface area contributed by atoms with Gasteiger partial charge in [0.15, 0.2) is 10.2 Å². The molecule has 1 fully saturated rings. The molecule has 1 saturated heterocycles. The summed E-state index contributed by atoms with van der Waals surface area (Å²) in [5.41, 5.74) is 10.6. The number of thioether (sulfide) groups is 1. The van der Waals surface area contributed by atoms with Crippen LogP contribution in [0.1, 0.15) is 28.0 Å². The minimum Gasteiger partial charge on any atom is -0.379 e. The summed E-state index contributed by atoms with van der Waals surface area (Å²) in [6.45, 7) is 2.50. The fourth-order valence-corrected chi connectivity index (χ4v) is 4.57. The predicted molar refractivity (Wildman–Crippen MR) is 78.7 cm³/mol. The van der Waals surface area contributed by atoms with Crippen molar-refractivity contribution in [1.82, 2.24) is 4.98 Å². The number of amidine groups is 1. The molecule has 3 unspecified atom stereocenters. The molecule has 107 valence electrons. The van der Waals surface area contributed by atoms with Gasteiger partial charge < -0.3 is 16.2 Å². The molecule has 3 heterocycles. The lowest BCUT2D eigenvalue weighted by Gasteiger charge is -2.44. The zero-order valence-corrected chi connectivity index (χ0v) is 12.6. The normalized spacial score (nSPS) is 33.4. The van der Waals surface area contributed by atoms with Gasteiger partial charge in [0.2, 0.25) is 0 Å². The van der Waals surface area contributed by atoms with Gasteiger partial charge in [-0.3, -0.25) is 4.79 Å². The lowest BCUT2D eigenvalue weighted by molar-refractivity contribution is -0.0455. The van der Waals surface area contributed by atoms with E-state index in [-0.39, 0.29) is 11.1 Å². The Morgan fingerprint density at radius 2 is 2.40 bits per heavy atom. The molecule has 1 aromatic heterocycles. The Morgan fingerprint density at radius 1 is 1.60 bits per heavy atom. The second kappa shape index (κ2) is 5.01. The zero-order chi connectivity index (χ0) is 14.3. The number of carbonyl (C=O) groups excluding carboxylic acids is 1. The highest BCUT2D eigenvalue weighted by Gasteiger charge is 2.48. The van der Waals surface area contributed by atoms with Crippen LogP contribution in [0.5, 0.6) is 0 Å². The third-order valence-corrected chi connectivity index (χ3v) is 5.77. The summed E-state index contributed by atoms with van der Waals surface area (Å²) in [4.78, 5) is 20.6. The van der Waals surface area contributed by atoms with Gasteiger partial charge in [0, 0.05) is 11.7 Å². The number of carbonyl (C=O) groups is 1. The molecule has 1 radical (unpaired) electrons. The van der Waals surface area contributed by atoms with Gasteiger partial charge >= 0.3 is 0 Å². The summed E-state index contributed by atoms with van der Waals surface area (Å²) >= 11 is 2.80. The highest BCUT2D eigenvalue weighted by Crippen LogP contribution is 2.47. The number of hydrogen-bond donors (Lipinski definition) is 2. The molecule has 1 aromatic rings. The van der Waals surface area contributed by atoms with Crippen molar-refractivity contribution in [3.8, 4) is 0 Å². The number of ether oxygens (including phenoxy) is 1. The summed E-state index contributed by atoms with van der Waals surface area (Å²) in [5, 5.41) is 0.792. The van der Waals surface area contributed by atoms with E-state index in [4.69, 9.17) is 16.2 Å². The Balaban J connectivity index is 2.04. The number of aliphatic imine (C=N–C) groups is 1. The van der Waals surface area contributed by atoms with Crippen LogP contribution in [0.3, 0.4) is 0 Å². The summed E-state index contributed by atoms with van der Waals surface area (Å²) in [7, 11) is 0. The molecule has 2 aliphatic rings. The quantitative estimate of drug-likeness (QED) is 0.837. The van der Waals surface area contributed by atoms with E-state index in [1.165, 1.54) is 11.3 Å². The minimum absolute atomic E-state index is 0.201. The second-order valence-electron chi connectivity index (χ2n) is 5.06. The Labute approximate surface area is 125 Å². The maximum atomic E-state index is 11.2. The number of nitrogens with two attached hydrogens (primary N) is 2. The van der Waals surface area contributed by atoms with Gasteiger partial charge in [0.1, 0.15) is 11.7 Å². The molecular formula is C12H15N4O2S2. The molecule has 1 amide bonds. The van der Waals surface area contributed by atoms with Crippen molar-refractivity contribution in [3.63, 3.8) is 0 Å². The van der Waals surface area contributed by atoms with Crippen LogP contribution in [0.4, 0.5) is 0 Å². The van der Waals surface area contributed by atoms with Gasteiger partial charge in [-0.2, -0.15) is 0 Å². The van der Waals surface area contributed by atoms with E-state index in [1.807, 2.05) is 0 Å². The topological polar surface area (TPSA) is 104 Å². The van der Waals surface area contributed by atoms with E-state index in [2.05, 4.69) is 23.1 Å². The molecule has 0 spiro atoms. The van der Waals surface area contributed by atoms with Crippen LogP contribution in [0.25, 0.3) is 0 Å². The number of hydrogen-bond acceptors (Lipinski definition) is 7. The molecule has 20 heavy (non-hydrogen) atoms. The van der Waals surface area contributed by atoms with Crippen molar-refractivity contribution >= 4 is 34.2 Å². The number of thiazole rings is 1. The molecule has 3 atom stereocenters. The number of fused-ring (bicyclic) bond motifs is 1. The summed E-state index contributed by atoms with van der Waals surface area (Å²) in [5.74, 6) is 0.652. The predicted octanol–water partition coefficient (Wildman–Crippen LogP) is 0.724. The van der Waals surface area contributed by atoms with E-state index in [0.29, 0.717) is 17.7 Å². The Hall–Kier alpha value is -1.12. The van der Waals surface area contributed by atoms with Gasteiger partial charge in [0.05, 0.1) is 17.6 Å². The van der Waals surface area contributed by atoms with Crippen molar-refractivity contribution in [3.05, 3.63) is 16.1 Å². The van der Waals surface area contributed by atoms with Crippen LogP contribution >= 0.6 is 23.1 Å². The fourth-order valence-electron chi connectivity index (χ4n) is 2.63. The van der Waals surface area contributed by atoms with Crippen molar-refractivity contribution < 1.29 is 9.53 Å². The van der Waals surface area contributed by atoms with Gasteiger partial charge in [-0.05, 0) is 13.3 Å². The number of aromatic nitrogens is 1. The maximum Gasteiger partial charge on any atom is 0.277 e. The standard InChI is InChI=1S/C12H15N4O2S2/c1-6-2-7-4-19-11(14)16-12(7,5-18-6)8-3-15-10(20-8)9(13)17/h6-7H,2,4-5H2,1H3,(H2,13,17)(H2,14,16). The van der Waals surface area contributed by atoms with Crippen molar-refractivity contribution in [2.75, 3.05) is 12.4 Å². The van der Waals surface area contributed by atoms with Crippen LogP contribution in [-0.2, 0) is 10.3 Å². The average Bonchev–Trinajstić information content (AvgIpc) is 2.89. The first kappa shape index (κ1) is 13.8. The fraction of sp³-hybridized carbons (Fsp3) is 0.583. The summed E-state index contributed by atoms with van der Waals surface area (Å²) in [6, 6.07) is 0. The first-order valence-electron chi connectivity index (χ1n) is 6.30. The van der Waals surface area contributed by atoms with E-state index in [1.54, 1.807) is 11.8 Å². The zero-order valence-electron chi connectivity index (χ0n) is 11.0. The third-order valence-electron chi connectivity index (χ3n) is 3.68. The maximum absolute atomic E-state index is 11.2. The summed E-state index contributed by atoms with van der Waals surface area (Å²) in [6.07, 6.45) is 4.00. The van der Waals surface area contributed by atoms with Crippen molar-refractivity contribution in [2.24, 2.45) is 22.4 Å². The largest absolute Gasteiger partial charge is 0.379 e. The first-order valence-corrected chi connectivity index (χ1v) is 8.10. The van der Waals surface area contributed by atoms with Crippen molar-refractivity contribution in [1.29, 1.82) is 0 Å². The average molecular weight is 311 g/mol. The minimum atomic E-state index is -0.562.